The van der Waals surface area contributed by atoms with Gasteiger partial charge in [0.05, 0.1) is 18.2 Å². The quantitative estimate of drug-likeness (QED) is 0.136. The smallest absolute Gasteiger partial charge is 0.335 e. The summed E-state index contributed by atoms with van der Waals surface area (Å²) >= 11 is 11.4. The molecule has 1 aliphatic heterocycles. The number of carbonyl (C=O) groups excluding carboxylic acids is 1. The Morgan fingerprint density at radius 3 is 1.84 bits per heavy atom. The number of carboxylic acids is 1. The monoisotopic (exact) mass is 591 g/mol. The number of benzene rings is 1. The van der Waals surface area contributed by atoms with Crippen molar-refractivity contribution < 1.29 is 19.2 Å². The minimum absolute atomic E-state index is 0.168. The normalized spacial score (nSPS) is 14.5. The molecular formula is C30H52Cl2NO4P. The highest BCUT2D eigenvalue weighted by atomic mass is 35.9. The Kier molecular flexibility index (Phi) is 25.8. The summed E-state index contributed by atoms with van der Waals surface area (Å²) in [6.07, 6.45) is 20.0. The third-order valence-electron chi connectivity index (χ3n) is 6.58. The first-order chi connectivity index (χ1) is 18.5. The number of aromatic carboxylic acids is 1. The van der Waals surface area contributed by atoms with Crippen molar-refractivity contribution in [2.45, 2.75) is 130 Å². The lowest BCUT2D eigenvalue weighted by Gasteiger charge is -2.24. The van der Waals surface area contributed by atoms with Crippen molar-refractivity contribution in [3.8, 4) is 0 Å². The number of hydrogen-bond acceptors (Lipinski definition) is 3. The Morgan fingerprint density at radius 2 is 1.39 bits per heavy atom. The number of likely N-dealkylation sites (tertiary alicyclic amines) is 1. The van der Waals surface area contributed by atoms with Crippen LogP contribution in [-0.4, -0.2) is 41.1 Å². The van der Waals surface area contributed by atoms with Crippen LogP contribution in [0, 0.1) is 0 Å². The Balaban J connectivity index is 0.00000103. The number of carboxylic acid groups (broad SMARTS) is 1. The molecule has 1 aliphatic rings. The van der Waals surface area contributed by atoms with E-state index in [0.717, 1.165) is 25.8 Å². The molecule has 1 saturated heterocycles. The van der Waals surface area contributed by atoms with Gasteiger partial charge in [0.1, 0.15) is 0 Å². The number of halogens is 2. The highest BCUT2D eigenvalue weighted by Crippen LogP contribution is 2.48. The molecule has 0 aromatic heterocycles. The summed E-state index contributed by atoms with van der Waals surface area (Å²) in [4.78, 5) is 24.6. The van der Waals surface area contributed by atoms with Gasteiger partial charge in [0.15, 0.2) is 0 Å². The van der Waals surface area contributed by atoms with Crippen LogP contribution in [-0.2, 0) is 9.32 Å². The van der Waals surface area contributed by atoms with E-state index in [9.17, 15) is 9.59 Å². The SMILES string of the molecule is CC.CCCCCCCCCCCCCCCC(=O)N1CCCC1COP(Cl)Cl.O=C(O)c1ccccc1. The number of amides is 1. The fourth-order valence-corrected chi connectivity index (χ4v) is 5.12. The Hall–Kier alpha value is -0.870. The lowest BCUT2D eigenvalue weighted by Crippen LogP contribution is -2.37. The molecule has 5 nitrogen and oxygen atoms in total. The second kappa shape index (κ2) is 26.4. The highest BCUT2D eigenvalue weighted by Gasteiger charge is 2.28. The van der Waals surface area contributed by atoms with E-state index in [1.54, 1.807) is 30.3 Å². The van der Waals surface area contributed by atoms with E-state index in [2.05, 4.69) is 6.92 Å². The molecule has 1 aromatic rings. The van der Waals surface area contributed by atoms with Crippen LogP contribution in [0.25, 0.3) is 0 Å². The number of rotatable bonds is 18. The third kappa shape index (κ3) is 20.1. The maximum absolute atomic E-state index is 12.4. The lowest BCUT2D eigenvalue weighted by atomic mass is 10.0. The molecule has 0 spiro atoms. The fourth-order valence-electron chi connectivity index (χ4n) is 4.50. The van der Waals surface area contributed by atoms with Crippen LogP contribution in [0.15, 0.2) is 30.3 Å². The molecule has 1 aromatic carbocycles. The zero-order valence-corrected chi connectivity index (χ0v) is 26.4. The van der Waals surface area contributed by atoms with E-state index in [1.165, 1.54) is 77.0 Å². The summed E-state index contributed by atoms with van der Waals surface area (Å²) in [5, 5.41) is 8.38. The first-order valence-corrected chi connectivity index (χ1v) is 17.8. The van der Waals surface area contributed by atoms with Crippen LogP contribution in [0.4, 0.5) is 0 Å². The largest absolute Gasteiger partial charge is 0.478 e. The minimum Gasteiger partial charge on any atom is -0.478 e. The van der Waals surface area contributed by atoms with Crippen LogP contribution in [0.1, 0.15) is 134 Å². The molecule has 1 fully saturated rings. The minimum atomic E-state index is -1.38. The standard InChI is InChI=1S/C21H40Cl2NO2P.C7H6O2.C2H6/c1-2-3-4-5-6-7-8-9-10-11-12-13-14-17-21(25)24-18-15-16-20(24)19-26-27(22)23;8-7(9)6-4-2-1-3-5-6;1-2/h20H,2-19H2,1H3;1-5H,(H,8,9);1-2H3. The highest BCUT2D eigenvalue weighted by molar-refractivity contribution is 8.00. The summed E-state index contributed by atoms with van der Waals surface area (Å²) < 4.78 is 5.33. The Bertz CT molecular complexity index is 694. The zero-order valence-electron chi connectivity index (χ0n) is 24.0. The van der Waals surface area contributed by atoms with Crippen molar-refractivity contribution in [1.82, 2.24) is 4.90 Å². The van der Waals surface area contributed by atoms with Crippen molar-refractivity contribution in [3.05, 3.63) is 35.9 Å². The summed E-state index contributed by atoms with van der Waals surface area (Å²) in [7, 11) is 0. The second-order valence-electron chi connectivity index (χ2n) is 9.54. The van der Waals surface area contributed by atoms with Crippen LogP contribution in [0.2, 0.25) is 0 Å². The molecule has 1 atom stereocenters. The average Bonchev–Trinajstić information content (AvgIpc) is 3.41. The topological polar surface area (TPSA) is 66.8 Å². The molecule has 1 N–H and O–H groups in total. The molecular weight excluding hydrogens is 540 g/mol. The van der Waals surface area contributed by atoms with E-state index in [0.29, 0.717) is 18.6 Å². The van der Waals surface area contributed by atoms with Crippen LogP contribution >= 0.6 is 29.3 Å². The molecule has 1 unspecified atom stereocenters. The van der Waals surface area contributed by atoms with Crippen LogP contribution < -0.4 is 0 Å². The van der Waals surface area contributed by atoms with Crippen molar-refractivity contribution in [2.75, 3.05) is 13.2 Å². The molecule has 1 heterocycles. The summed E-state index contributed by atoms with van der Waals surface area (Å²) in [6, 6.07) is 8.46. The summed E-state index contributed by atoms with van der Waals surface area (Å²) in [6.45, 7) is 6.23. The van der Waals surface area contributed by atoms with Gasteiger partial charge in [-0.3, -0.25) is 4.79 Å². The van der Waals surface area contributed by atoms with Gasteiger partial charge in [0.25, 0.3) is 0 Å². The van der Waals surface area contributed by atoms with Gasteiger partial charge in [-0.15, -0.1) is 0 Å². The predicted octanol–water partition coefficient (Wildman–Crippen LogP) is 10.6. The van der Waals surface area contributed by atoms with E-state index >= 15 is 0 Å². The van der Waals surface area contributed by atoms with Gasteiger partial charge in [0.2, 0.25) is 12.8 Å². The first-order valence-electron chi connectivity index (χ1n) is 14.8. The van der Waals surface area contributed by atoms with Crippen molar-refractivity contribution in [2.24, 2.45) is 0 Å². The van der Waals surface area contributed by atoms with Gasteiger partial charge >= 0.3 is 5.97 Å². The molecule has 0 aliphatic carbocycles. The number of unbranched alkanes of at least 4 members (excludes halogenated alkanes) is 12. The molecule has 8 heteroatoms. The second-order valence-corrected chi connectivity index (χ2v) is 12.6. The Morgan fingerprint density at radius 1 is 0.895 bits per heavy atom. The van der Waals surface area contributed by atoms with Gasteiger partial charge in [0, 0.05) is 13.0 Å². The maximum atomic E-state index is 12.4. The van der Waals surface area contributed by atoms with Crippen molar-refractivity contribution in [1.29, 1.82) is 0 Å². The molecule has 220 valence electrons. The van der Waals surface area contributed by atoms with E-state index in [-0.39, 0.29) is 11.9 Å². The molecule has 38 heavy (non-hydrogen) atoms. The van der Waals surface area contributed by atoms with Crippen molar-refractivity contribution in [3.63, 3.8) is 0 Å². The van der Waals surface area contributed by atoms with Gasteiger partial charge in [-0.05, 0) is 53.9 Å². The molecule has 0 saturated carbocycles. The summed E-state index contributed by atoms with van der Waals surface area (Å²) in [5.74, 6) is -0.603. The van der Waals surface area contributed by atoms with Crippen LogP contribution in [0.3, 0.4) is 0 Å². The predicted molar refractivity (Wildman–Crippen MR) is 164 cm³/mol. The average molecular weight is 593 g/mol. The third-order valence-corrected chi connectivity index (χ3v) is 7.51. The Labute approximate surface area is 243 Å². The molecule has 0 bridgehead atoms. The number of hydrogen-bond donors (Lipinski definition) is 1. The fraction of sp³-hybridized carbons (Fsp3) is 0.733. The maximum Gasteiger partial charge on any atom is 0.335 e. The van der Waals surface area contributed by atoms with Gasteiger partial charge in [-0.1, -0.05) is 116 Å². The van der Waals surface area contributed by atoms with Gasteiger partial charge in [-0.2, -0.15) is 0 Å². The van der Waals surface area contributed by atoms with E-state index < -0.39 is 12.8 Å². The molecule has 1 amide bonds. The molecule has 0 radical (unpaired) electrons. The summed E-state index contributed by atoms with van der Waals surface area (Å²) in [5.41, 5.74) is 0.331. The number of carbonyl (C=O) groups is 2. The van der Waals surface area contributed by atoms with E-state index in [1.807, 2.05) is 18.7 Å². The first kappa shape index (κ1) is 37.1. The zero-order chi connectivity index (χ0) is 28.4. The van der Waals surface area contributed by atoms with Crippen molar-refractivity contribution >= 4 is 41.2 Å². The van der Waals surface area contributed by atoms with E-state index in [4.69, 9.17) is 32.1 Å². The van der Waals surface area contributed by atoms with Crippen LogP contribution in [0.5, 0.6) is 0 Å². The lowest BCUT2D eigenvalue weighted by molar-refractivity contribution is -0.132. The van der Waals surface area contributed by atoms with Gasteiger partial charge < -0.3 is 14.5 Å². The molecule has 2 rings (SSSR count). The number of nitrogens with zero attached hydrogens (tertiary/aromatic N) is 1. The van der Waals surface area contributed by atoms with Gasteiger partial charge in [-0.25, -0.2) is 4.79 Å².